The quantitative estimate of drug-likeness (QED) is 0.0829. The molecule has 0 radical (unpaired) electrons. The smallest absolute Gasteiger partial charge is 0.361 e. The lowest BCUT2D eigenvalue weighted by molar-refractivity contribution is -0.277. The average molecular weight is 824 g/mol. The first-order valence-corrected chi connectivity index (χ1v) is 18.3. The van der Waals surface area contributed by atoms with Gasteiger partial charge >= 0.3 is 5.63 Å². The van der Waals surface area contributed by atoms with Crippen molar-refractivity contribution in [2.24, 2.45) is 0 Å². The van der Waals surface area contributed by atoms with Crippen molar-refractivity contribution in [2.45, 2.75) is 61.4 Å². The lowest BCUT2D eigenvalue weighted by Gasteiger charge is -2.39. The molecule has 0 spiro atoms. The third kappa shape index (κ3) is 6.61. The van der Waals surface area contributed by atoms with Crippen LogP contribution < -0.4 is 29.3 Å². The number of aromatic nitrogens is 1. The van der Waals surface area contributed by atoms with E-state index < -0.39 is 80.3 Å². The summed E-state index contributed by atoms with van der Waals surface area (Å²) in [6, 6.07) is 12.4. The molecule has 10 atom stereocenters. The minimum Gasteiger partial charge on any atom is -0.504 e. The second kappa shape index (κ2) is 15.6. The molecule has 2 aliphatic heterocycles. The summed E-state index contributed by atoms with van der Waals surface area (Å²) in [5.41, 5.74) is 0.775. The number of hydrogen-bond acceptors (Lipinski definition) is 18. The van der Waals surface area contributed by atoms with Crippen LogP contribution in [0.3, 0.4) is 0 Å². The van der Waals surface area contributed by atoms with Crippen LogP contribution in [0.4, 0.5) is 0 Å². The first-order valence-electron chi connectivity index (χ1n) is 18.3. The highest BCUT2D eigenvalue weighted by molar-refractivity contribution is 6.22. The van der Waals surface area contributed by atoms with Gasteiger partial charge in [0.25, 0.3) is 0 Å². The zero-order chi connectivity index (χ0) is 42.0. The molecular formula is C40H41NO18. The van der Waals surface area contributed by atoms with Gasteiger partial charge in [0, 0.05) is 34.0 Å². The van der Waals surface area contributed by atoms with Gasteiger partial charge in [-0.25, -0.2) is 4.79 Å². The summed E-state index contributed by atoms with van der Waals surface area (Å²) in [5, 5.41) is 94.5. The van der Waals surface area contributed by atoms with Crippen molar-refractivity contribution in [1.29, 1.82) is 0 Å². The summed E-state index contributed by atoms with van der Waals surface area (Å²) in [6.45, 7) is -1.33. The predicted molar refractivity (Wildman–Crippen MR) is 204 cm³/mol. The number of methoxy groups -OCH3 is 3. The van der Waals surface area contributed by atoms with E-state index in [0.717, 1.165) is 0 Å². The molecular weight excluding hydrogens is 782 g/mol. The van der Waals surface area contributed by atoms with Gasteiger partial charge in [0.1, 0.15) is 59.9 Å². The Morgan fingerprint density at radius 2 is 1.20 bits per heavy atom. The first-order chi connectivity index (χ1) is 28.3. The van der Waals surface area contributed by atoms with Crippen molar-refractivity contribution >= 4 is 38.2 Å². The van der Waals surface area contributed by atoms with Gasteiger partial charge < -0.3 is 87.9 Å². The molecule has 3 aromatic heterocycles. The SMILES string of the molecule is COc1cc2c(cc1O)oc(=O)c1c2c(-c2ccc(O[C@@H]3O[C@H](CO)[C@@H](O)[C@H](O)[C@H]3O)c(OC)c2)c2c3cc(OC)c(O[C@@H]4O[C@H](CO)[C@@H](O)[C@H](O)[C@H]4O)cc3ccn21. The van der Waals surface area contributed by atoms with Gasteiger partial charge in [-0.1, -0.05) is 6.07 Å². The summed E-state index contributed by atoms with van der Waals surface area (Å²) in [5.74, 6) is 0.173. The minimum atomic E-state index is -1.70. The summed E-state index contributed by atoms with van der Waals surface area (Å²) in [7, 11) is 4.11. The van der Waals surface area contributed by atoms with Gasteiger partial charge in [-0.3, -0.25) is 0 Å². The van der Waals surface area contributed by atoms with Crippen molar-refractivity contribution in [3.8, 4) is 45.6 Å². The molecule has 2 aliphatic rings. The number of phenols is 1. The normalized spacial score (nSPS) is 27.4. The van der Waals surface area contributed by atoms with Crippen molar-refractivity contribution in [2.75, 3.05) is 34.5 Å². The Kier molecular flexibility index (Phi) is 10.7. The fraction of sp³-hybridized carbons (Fsp3) is 0.375. The van der Waals surface area contributed by atoms with Crippen molar-refractivity contribution in [1.82, 2.24) is 4.40 Å². The van der Waals surface area contributed by atoms with Gasteiger partial charge in [0.2, 0.25) is 12.6 Å². The van der Waals surface area contributed by atoms with Crippen LogP contribution in [-0.2, 0) is 9.47 Å². The molecule has 6 aromatic rings. The highest BCUT2D eigenvalue weighted by Crippen LogP contribution is 2.47. The first kappa shape index (κ1) is 40.3. The molecule has 314 valence electrons. The number of aliphatic hydroxyl groups excluding tert-OH is 8. The number of hydrogen-bond donors (Lipinski definition) is 9. The second-order valence-corrected chi connectivity index (χ2v) is 14.1. The van der Waals surface area contributed by atoms with E-state index in [1.807, 2.05) is 0 Å². The molecule has 5 heterocycles. The predicted octanol–water partition coefficient (Wildman–Crippen LogP) is 0.108. The maximum atomic E-state index is 13.9. The topological polar surface area (TPSA) is 281 Å². The number of fused-ring (bicyclic) bond motifs is 7. The van der Waals surface area contributed by atoms with Crippen LogP contribution in [-0.4, -0.2) is 146 Å². The summed E-state index contributed by atoms with van der Waals surface area (Å²) < 4.78 is 47.3. The van der Waals surface area contributed by atoms with Crippen LogP contribution in [0.15, 0.2) is 63.9 Å². The zero-order valence-corrected chi connectivity index (χ0v) is 31.5. The molecule has 59 heavy (non-hydrogen) atoms. The van der Waals surface area contributed by atoms with E-state index in [2.05, 4.69) is 0 Å². The average Bonchev–Trinajstić information content (AvgIpc) is 3.60. The highest BCUT2D eigenvalue weighted by atomic mass is 16.7. The maximum Gasteiger partial charge on any atom is 0.361 e. The van der Waals surface area contributed by atoms with E-state index >= 15 is 0 Å². The third-order valence-electron chi connectivity index (χ3n) is 10.8. The van der Waals surface area contributed by atoms with E-state index in [4.69, 9.17) is 37.6 Å². The Morgan fingerprint density at radius 3 is 1.80 bits per heavy atom. The van der Waals surface area contributed by atoms with Crippen LogP contribution in [0.1, 0.15) is 0 Å². The number of ether oxygens (including phenoxy) is 7. The second-order valence-electron chi connectivity index (χ2n) is 14.1. The molecule has 0 bridgehead atoms. The number of rotatable bonds is 10. The molecule has 8 rings (SSSR count). The van der Waals surface area contributed by atoms with E-state index in [1.54, 1.807) is 40.9 Å². The Labute approximate surface area is 332 Å². The summed E-state index contributed by atoms with van der Waals surface area (Å²) in [6.07, 6.45) is -13.9. The molecule has 0 saturated carbocycles. The van der Waals surface area contributed by atoms with E-state index in [-0.39, 0.29) is 45.6 Å². The molecule has 0 amide bonds. The van der Waals surface area contributed by atoms with Gasteiger partial charge in [0.15, 0.2) is 34.5 Å². The molecule has 0 aliphatic carbocycles. The zero-order valence-electron chi connectivity index (χ0n) is 31.5. The van der Waals surface area contributed by atoms with Crippen LogP contribution in [0.5, 0.6) is 34.5 Å². The van der Waals surface area contributed by atoms with E-state index in [1.165, 1.54) is 39.5 Å². The number of benzene rings is 3. The molecule has 19 nitrogen and oxygen atoms in total. The maximum absolute atomic E-state index is 13.9. The molecule has 0 unspecified atom stereocenters. The Balaban J connectivity index is 1.34. The summed E-state index contributed by atoms with van der Waals surface area (Å²) >= 11 is 0. The fourth-order valence-electron chi connectivity index (χ4n) is 7.71. The molecule has 19 heteroatoms. The number of phenolic OH excluding ortho intramolecular Hbond substituents is 1. The molecule has 9 N–H and O–H groups in total. The summed E-state index contributed by atoms with van der Waals surface area (Å²) in [4.78, 5) is 13.9. The van der Waals surface area contributed by atoms with Crippen LogP contribution in [0, 0.1) is 0 Å². The van der Waals surface area contributed by atoms with Gasteiger partial charge in [-0.2, -0.15) is 0 Å². The van der Waals surface area contributed by atoms with Gasteiger partial charge in [-0.15, -0.1) is 0 Å². The van der Waals surface area contributed by atoms with Gasteiger partial charge in [-0.05, 0) is 47.3 Å². The number of nitrogens with zero attached hydrogens (tertiary/aromatic N) is 1. The van der Waals surface area contributed by atoms with Crippen molar-refractivity contribution in [3.63, 3.8) is 0 Å². The van der Waals surface area contributed by atoms with Gasteiger partial charge in [0.05, 0.1) is 40.1 Å². The molecule has 3 aromatic carbocycles. The highest BCUT2D eigenvalue weighted by Gasteiger charge is 2.46. The third-order valence-corrected chi connectivity index (χ3v) is 10.8. The van der Waals surface area contributed by atoms with E-state index in [9.17, 15) is 50.8 Å². The number of aliphatic hydroxyl groups is 8. The molecule has 2 saturated heterocycles. The standard InChI is InChI=1S/C40H41NO18/c1-52-22-11-18-21(12-19(22)44)55-38(51)31-29(18)28(16-4-5-20(23(9-16)53-2)56-39-36(49)34(47)32(45)26(13-42)58-39)30-17-10-24(54-3)25(8-15(17)6-7-41(30)31)57-40-37(50)35(48)33(46)27(14-43)59-40/h4-12,26-27,32-37,39-40,42-50H,13-14H2,1-3H3/t26-,27-,32-,33-,34+,35+,36-,37-,39-,40-/m1/s1. The van der Waals surface area contributed by atoms with Crippen molar-refractivity contribution in [3.05, 3.63) is 65.1 Å². The van der Waals surface area contributed by atoms with Crippen LogP contribution in [0.25, 0.3) is 49.3 Å². The molecule has 2 fully saturated rings. The van der Waals surface area contributed by atoms with Crippen molar-refractivity contribution < 1.29 is 83.5 Å². The van der Waals surface area contributed by atoms with Crippen LogP contribution in [0.2, 0.25) is 0 Å². The Morgan fingerprint density at radius 1 is 0.627 bits per heavy atom. The lowest BCUT2D eigenvalue weighted by Crippen LogP contribution is -2.60. The van der Waals surface area contributed by atoms with Crippen LogP contribution >= 0.6 is 0 Å². The minimum absolute atomic E-state index is 0.0459. The largest absolute Gasteiger partial charge is 0.504 e. The Hall–Kier alpha value is -5.45. The number of aromatic hydroxyl groups is 1. The van der Waals surface area contributed by atoms with E-state index in [0.29, 0.717) is 38.2 Å². The lowest BCUT2D eigenvalue weighted by atomic mass is 9.97. The number of pyridine rings is 1. The Bertz CT molecular complexity index is 2600. The fourth-order valence-corrected chi connectivity index (χ4v) is 7.71. The monoisotopic (exact) mass is 823 g/mol.